The predicted molar refractivity (Wildman–Crippen MR) is 93.6 cm³/mol. The Hall–Kier alpha value is -3.09. The molecule has 0 aliphatic rings. The fourth-order valence-corrected chi connectivity index (χ4v) is 2.37. The summed E-state index contributed by atoms with van der Waals surface area (Å²) in [6.07, 6.45) is 1.65. The monoisotopic (exact) mass is 343 g/mol. The summed E-state index contributed by atoms with van der Waals surface area (Å²) in [4.78, 5) is 27.9. The first-order chi connectivity index (χ1) is 12.0. The molecule has 0 saturated carbocycles. The molecule has 132 valence electrons. The molecule has 2 N–H and O–H groups in total. The normalized spacial score (nSPS) is 11.3. The maximum atomic E-state index is 12.4. The van der Waals surface area contributed by atoms with E-state index in [4.69, 9.17) is 9.47 Å². The first kappa shape index (κ1) is 18.3. The van der Waals surface area contributed by atoms with Crippen LogP contribution in [-0.4, -0.2) is 31.0 Å². The molecular weight excluding hydrogens is 322 g/mol. The van der Waals surface area contributed by atoms with Crippen LogP contribution < -0.4 is 20.1 Å². The Morgan fingerprint density at radius 2 is 1.84 bits per heavy atom. The molecule has 0 aliphatic heterocycles. The maximum absolute atomic E-state index is 12.4. The van der Waals surface area contributed by atoms with Crippen LogP contribution in [0.5, 0.6) is 11.6 Å². The Balaban J connectivity index is 2.12. The van der Waals surface area contributed by atoms with E-state index in [2.05, 4.69) is 15.6 Å². The van der Waals surface area contributed by atoms with Gasteiger partial charge in [-0.1, -0.05) is 12.1 Å². The third kappa shape index (κ3) is 5.20. The van der Waals surface area contributed by atoms with Crippen LogP contribution in [0.15, 0.2) is 42.6 Å². The number of hydrogen-bond acceptors (Lipinski definition) is 5. The third-order valence-electron chi connectivity index (χ3n) is 3.52. The zero-order chi connectivity index (χ0) is 18.2. The quantitative estimate of drug-likeness (QED) is 0.805. The van der Waals surface area contributed by atoms with Crippen molar-refractivity contribution in [2.24, 2.45) is 0 Å². The smallest absolute Gasteiger partial charge is 0.237 e. The third-order valence-corrected chi connectivity index (χ3v) is 3.52. The van der Waals surface area contributed by atoms with Gasteiger partial charge in [0.15, 0.2) is 0 Å². The number of ether oxygens (including phenoxy) is 2. The average molecular weight is 343 g/mol. The molecule has 2 aromatic rings. The van der Waals surface area contributed by atoms with Crippen molar-refractivity contribution in [3.63, 3.8) is 0 Å². The van der Waals surface area contributed by atoms with Crippen LogP contribution in [0.2, 0.25) is 0 Å². The molecule has 7 heteroatoms. The predicted octanol–water partition coefficient (Wildman–Crippen LogP) is 2.30. The molecule has 2 amide bonds. The van der Waals surface area contributed by atoms with E-state index in [0.717, 1.165) is 5.56 Å². The number of anilines is 1. The summed E-state index contributed by atoms with van der Waals surface area (Å²) in [7, 11) is 3.06. The fourth-order valence-electron chi connectivity index (χ4n) is 2.37. The summed E-state index contributed by atoms with van der Waals surface area (Å²) in [5.41, 5.74) is 1.29. The van der Waals surface area contributed by atoms with Crippen molar-refractivity contribution in [3.05, 3.63) is 48.2 Å². The van der Waals surface area contributed by atoms with E-state index in [1.807, 2.05) is 12.1 Å². The molecule has 1 unspecified atom stereocenters. The van der Waals surface area contributed by atoms with Crippen LogP contribution in [0, 0.1) is 0 Å². The van der Waals surface area contributed by atoms with Crippen molar-refractivity contribution in [3.8, 4) is 11.6 Å². The standard InChI is InChI=1S/C18H21N3O4/c1-12(22)20-16(13-6-8-14(24-2)9-7-13)11-17(23)21-15-5-4-10-19-18(15)25-3/h4-10,16H,11H2,1-3H3,(H,20,22)(H,21,23). The molecule has 1 aromatic carbocycles. The van der Waals surface area contributed by atoms with Gasteiger partial charge in [0.1, 0.15) is 11.4 Å². The Labute approximate surface area is 146 Å². The number of benzene rings is 1. The number of pyridine rings is 1. The number of amides is 2. The van der Waals surface area contributed by atoms with Crippen molar-refractivity contribution >= 4 is 17.5 Å². The largest absolute Gasteiger partial charge is 0.497 e. The molecule has 7 nitrogen and oxygen atoms in total. The van der Waals surface area contributed by atoms with Crippen LogP contribution in [0.25, 0.3) is 0 Å². The highest BCUT2D eigenvalue weighted by molar-refractivity contribution is 5.92. The van der Waals surface area contributed by atoms with Gasteiger partial charge in [0.05, 0.1) is 26.7 Å². The van der Waals surface area contributed by atoms with Gasteiger partial charge in [0.25, 0.3) is 0 Å². The molecule has 0 bridgehead atoms. The van der Waals surface area contributed by atoms with Crippen molar-refractivity contribution < 1.29 is 19.1 Å². The minimum atomic E-state index is -0.453. The van der Waals surface area contributed by atoms with Gasteiger partial charge in [-0.3, -0.25) is 9.59 Å². The second-order valence-corrected chi connectivity index (χ2v) is 5.34. The SMILES string of the molecule is COc1ccc(C(CC(=O)Nc2cccnc2OC)NC(C)=O)cc1. The topological polar surface area (TPSA) is 89.6 Å². The van der Waals surface area contributed by atoms with E-state index < -0.39 is 6.04 Å². The molecule has 2 rings (SSSR count). The molecule has 25 heavy (non-hydrogen) atoms. The van der Waals surface area contributed by atoms with Gasteiger partial charge in [0, 0.05) is 13.1 Å². The van der Waals surface area contributed by atoms with Crippen LogP contribution in [0.3, 0.4) is 0 Å². The molecule has 0 spiro atoms. The zero-order valence-corrected chi connectivity index (χ0v) is 14.4. The van der Waals surface area contributed by atoms with Gasteiger partial charge in [-0.05, 0) is 29.8 Å². The maximum Gasteiger partial charge on any atom is 0.237 e. The zero-order valence-electron chi connectivity index (χ0n) is 14.4. The van der Waals surface area contributed by atoms with E-state index in [1.165, 1.54) is 14.0 Å². The Kier molecular flexibility index (Phi) is 6.33. The van der Waals surface area contributed by atoms with Crippen molar-refractivity contribution in [1.82, 2.24) is 10.3 Å². The summed E-state index contributed by atoms with van der Waals surface area (Å²) < 4.78 is 10.2. The summed E-state index contributed by atoms with van der Waals surface area (Å²) in [6.45, 7) is 1.42. The summed E-state index contributed by atoms with van der Waals surface area (Å²) >= 11 is 0. The Morgan fingerprint density at radius 1 is 1.12 bits per heavy atom. The highest BCUT2D eigenvalue weighted by Gasteiger charge is 2.18. The average Bonchev–Trinajstić information content (AvgIpc) is 2.61. The van der Waals surface area contributed by atoms with Gasteiger partial charge in [-0.15, -0.1) is 0 Å². The van der Waals surface area contributed by atoms with Crippen LogP contribution in [-0.2, 0) is 9.59 Å². The molecule has 1 atom stereocenters. The highest BCUT2D eigenvalue weighted by atomic mass is 16.5. The van der Waals surface area contributed by atoms with E-state index in [9.17, 15) is 9.59 Å². The number of nitrogens with zero attached hydrogens (tertiary/aromatic N) is 1. The summed E-state index contributed by atoms with van der Waals surface area (Å²) in [5.74, 6) is 0.555. The lowest BCUT2D eigenvalue weighted by atomic mass is 10.0. The second kappa shape index (κ2) is 8.68. The van der Waals surface area contributed by atoms with E-state index in [1.54, 1.807) is 37.6 Å². The number of carbonyl (C=O) groups excluding carboxylic acids is 2. The molecule has 0 radical (unpaired) electrons. The number of nitrogens with one attached hydrogen (secondary N) is 2. The summed E-state index contributed by atoms with van der Waals surface area (Å²) in [5, 5.41) is 5.55. The highest BCUT2D eigenvalue weighted by Crippen LogP contribution is 2.23. The number of carbonyl (C=O) groups is 2. The lowest BCUT2D eigenvalue weighted by Crippen LogP contribution is -2.29. The number of rotatable bonds is 7. The Bertz CT molecular complexity index is 731. The lowest BCUT2D eigenvalue weighted by molar-refractivity contribution is -0.120. The molecule has 0 fully saturated rings. The van der Waals surface area contributed by atoms with E-state index >= 15 is 0 Å². The summed E-state index contributed by atoms with van der Waals surface area (Å²) in [6, 6.07) is 10.1. The van der Waals surface area contributed by atoms with E-state index in [-0.39, 0.29) is 18.2 Å². The Morgan fingerprint density at radius 3 is 2.44 bits per heavy atom. The van der Waals surface area contributed by atoms with Gasteiger partial charge in [-0.25, -0.2) is 4.98 Å². The van der Waals surface area contributed by atoms with Crippen molar-refractivity contribution in [1.29, 1.82) is 0 Å². The number of methoxy groups -OCH3 is 2. The van der Waals surface area contributed by atoms with Gasteiger partial charge in [-0.2, -0.15) is 0 Å². The fraction of sp³-hybridized carbons (Fsp3) is 0.278. The second-order valence-electron chi connectivity index (χ2n) is 5.34. The molecule has 0 aliphatic carbocycles. The van der Waals surface area contributed by atoms with E-state index in [0.29, 0.717) is 17.3 Å². The molecule has 0 saturated heterocycles. The molecule has 1 aromatic heterocycles. The van der Waals surface area contributed by atoms with Crippen molar-refractivity contribution in [2.75, 3.05) is 19.5 Å². The van der Waals surface area contributed by atoms with Gasteiger partial charge in [0.2, 0.25) is 17.7 Å². The van der Waals surface area contributed by atoms with Crippen LogP contribution in [0.1, 0.15) is 24.9 Å². The van der Waals surface area contributed by atoms with Crippen molar-refractivity contribution in [2.45, 2.75) is 19.4 Å². The molecular formula is C18H21N3O4. The lowest BCUT2D eigenvalue weighted by Gasteiger charge is -2.18. The van der Waals surface area contributed by atoms with Crippen LogP contribution >= 0.6 is 0 Å². The first-order valence-electron chi connectivity index (χ1n) is 7.73. The first-order valence-corrected chi connectivity index (χ1v) is 7.73. The van der Waals surface area contributed by atoms with Gasteiger partial charge >= 0.3 is 0 Å². The number of aromatic nitrogens is 1. The molecule has 1 heterocycles. The minimum absolute atomic E-state index is 0.0734. The minimum Gasteiger partial charge on any atom is -0.497 e. The number of hydrogen-bond donors (Lipinski definition) is 2. The van der Waals surface area contributed by atoms with Gasteiger partial charge < -0.3 is 20.1 Å². The van der Waals surface area contributed by atoms with Crippen LogP contribution in [0.4, 0.5) is 5.69 Å².